The van der Waals surface area contributed by atoms with Crippen LogP contribution in [0, 0.1) is 0 Å². The molecule has 1 aromatic carbocycles. The standard InChI is InChI=1S/C18H15N3O4/c1-25-14-8-3-2-6-11(14)10-13(22)15-16(23)18(24)21-17(20-15)12-7-4-5-9-19-12/h2-9,23H,10H2,1H3,(H,20,21,24). The van der Waals surface area contributed by atoms with Gasteiger partial charge in [-0.05, 0) is 18.2 Å². The van der Waals surface area contributed by atoms with Crippen LogP contribution in [-0.2, 0) is 6.42 Å². The number of carbonyl (C=O) groups excluding carboxylic acids is 1. The first kappa shape index (κ1) is 16.4. The molecule has 3 aromatic rings. The molecular weight excluding hydrogens is 322 g/mol. The number of pyridine rings is 1. The third-order valence-corrected chi connectivity index (χ3v) is 3.61. The Kier molecular flexibility index (Phi) is 4.56. The molecule has 126 valence electrons. The molecule has 2 N–H and O–H groups in total. The quantitative estimate of drug-likeness (QED) is 0.690. The highest BCUT2D eigenvalue weighted by Gasteiger charge is 2.20. The van der Waals surface area contributed by atoms with Gasteiger partial charge in [0.05, 0.1) is 7.11 Å². The molecule has 0 spiro atoms. The van der Waals surface area contributed by atoms with Crippen LogP contribution in [0.2, 0.25) is 0 Å². The lowest BCUT2D eigenvalue weighted by Gasteiger charge is -2.08. The van der Waals surface area contributed by atoms with Crippen LogP contribution in [0.25, 0.3) is 11.5 Å². The Morgan fingerprint density at radius 2 is 1.96 bits per heavy atom. The zero-order valence-electron chi connectivity index (χ0n) is 13.4. The zero-order valence-corrected chi connectivity index (χ0v) is 13.4. The zero-order chi connectivity index (χ0) is 17.8. The van der Waals surface area contributed by atoms with Gasteiger partial charge >= 0.3 is 0 Å². The minimum atomic E-state index is -0.793. The lowest BCUT2D eigenvalue weighted by atomic mass is 10.1. The minimum Gasteiger partial charge on any atom is -0.501 e. The van der Waals surface area contributed by atoms with Gasteiger partial charge in [-0.3, -0.25) is 14.6 Å². The number of benzene rings is 1. The number of rotatable bonds is 5. The van der Waals surface area contributed by atoms with Gasteiger partial charge in [0.2, 0.25) is 5.75 Å². The Bertz CT molecular complexity index is 968. The Labute approximate surface area is 143 Å². The van der Waals surface area contributed by atoms with Crippen LogP contribution in [0.5, 0.6) is 11.5 Å². The van der Waals surface area contributed by atoms with E-state index in [2.05, 4.69) is 15.0 Å². The summed E-state index contributed by atoms with van der Waals surface area (Å²) in [6, 6.07) is 12.1. The van der Waals surface area contributed by atoms with E-state index in [-0.39, 0.29) is 17.9 Å². The average Bonchev–Trinajstić information content (AvgIpc) is 2.65. The summed E-state index contributed by atoms with van der Waals surface area (Å²) in [4.78, 5) is 35.2. The van der Waals surface area contributed by atoms with Gasteiger partial charge in [-0.25, -0.2) is 4.98 Å². The molecular formula is C18H15N3O4. The SMILES string of the molecule is COc1ccccc1CC(=O)c1nc(-c2ccccn2)[nH]c(=O)c1O. The molecule has 7 heteroatoms. The number of para-hydroxylation sites is 1. The first-order valence-corrected chi connectivity index (χ1v) is 7.50. The van der Waals surface area contributed by atoms with E-state index in [1.165, 1.54) is 7.11 Å². The van der Waals surface area contributed by atoms with Crippen LogP contribution in [0.3, 0.4) is 0 Å². The molecule has 0 bridgehead atoms. The Morgan fingerprint density at radius 3 is 2.68 bits per heavy atom. The van der Waals surface area contributed by atoms with E-state index in [9.17, 15) is 14.7 Å². The number of ether oxygens (including phenoxy) is 1. The summed E-state index contributed by atoms with van der Waals surface area (Å²) in [6.07, 6.45) is 1.48. The molecule has 0 radical (unpaired) electrons. The number of ketones is 1. The normalized spacial score (nSPS) is 10.4. The maximum atomic E-state index is 12.6. The van der Waals surface area contributed by atoms with Gasteiger partial charge in [0.25, 0.3) is 5.56 Å². The molecule has 0 aliphatic carbocycles. The maximum absolute atomic E-state index is 12.6. The van der Waals surface area contributed by atoms with E-state index in [1.54, 1.807) is 48.7 Å². The highest BCUT2D eigenvalue weighted by atomic mass is 16.5. The lowest BCUT2D eigenvalue weighted by molar-refractivity contribution is 0.0984. The van der Waals surface area contributed by atoms with Crippen molar-refractivity contribution in [3.63, 3.8) is 0 Å². The Balaban J connectivity index is 2.00. The highest BCUT2D eigenvalue weighted by molar-refractivity contribution is 5.98. The smallest absolute Gasteiger partial charge is 0.294 e. The van der Waals surface area contributed by atoms with Gasteiger partial charge in [-0.15, -0.1) is 0 Å². The number of methoxy groups -OCH3 is 1. The molecule has 0 fully saturated rings. The van der Waals surface area contributed by atoms with Crippen molar-refractivity contribution >= 4 is 5.78 Å². The summed E-state index contributed by atoms with van der Waals surface area (Å²) in [6.45, 7) is 0. The second-order valence-electron chi connectivity index (χ2n) is 5.24. The summed E-state index contributed by atoms with van der Waals surface area (Å²) < 4.78 is 5.22. The number of Topliss-reactive ketones (excluding diaryl/α,β-unsaturated/α-hetero) is 1. The summed E-state index contributed by atoms with van der Waals surface area (Å²) >= 11 is 0. The number of nitrogens with zero attached hydrogens (tertiary/aromatic N) is 2. The van der Waals surface area contributed by atoms with Crippen LogP contribution in [0.1, 0.15) is 16.1 Å². The number of hydrogen-bond acceptors (Lipinski definition) is 6. The van der Waals surface area contributed by atoms with E-state index in [4.69, 9.17) is 4.74 Å². The van der Waals surface area contributed by atoms with Gasteiger partial charge in [0.1, 0.15) is 11.4 Å². The first-order valence-electron chi connectivity index (χ1n) is 7.50. The molecule has 3 rings (SSSR count). The number of carbonyl (C=O) groups is 1. The van der Waals surface area contributed by atoms with Crippen molar-refractivity contribution in [2.45, 2.75) is 6.42 Å². The number of aromatic nitrogens is 3. The molecule has 7 nitrogen and oxygen atoms in total. The summed E-state index contributed by atoms with van der Waals surface area (Å²) in [5, 5.41) is 9.97. The minimum absolute atomic E-state index is 0.0598. The van der Waals surface area contributed by atoms with Crippen LogP contribution in [0.4, 0.5) is 0 Å². The monoisotopic (exact) mass is 337 g/mol. The van der Waals surface area contributed by atoms with Crippen molar-refractivity contribution in [2.24, 2.45) is 0 Å². The van der Waals surface area contributed by atoms with Crippen LogP contribution >= 0.6 is 0 Å². The third-order valence-electron chi connectivity index (χ3n) is 3.61. The van der Waals surface area contributed by atoms with E-state index in [0.29, 0.717) is 17.0 Å². The number of nitrogens with one attached hydrogen (secondary N) is 1. The molecule has 0 atom stereocenters. The van der Waals surface area contributed by atoms with E-state index in [0.717, 1.165) is 0 Å². The topological polar surface area (TPSA) is 105 Å². The van der Waals surface area contributed by atoms with Crippen LogP contribution in [-0.4, -0.2) is 33.0 Å². The second-order valence-corrected chi connectivity index (χ2v) is 5.24. The maximum Gasteiger partial charge on any atom is 0.294 e. The van der Waals surface area contributed by atoms with E-state index in [1.807, 2.05) is 0 Å². The molecule has 0 saturated carbocycles. The fourth-order valence-electron chi connectivity index (χ4n) is 2.39. The van der Waals surface area contributed by atoms with Crippen molar-refractivity contribution in [3.8, 4) is 23.0 Å². The highest BCUT2D eigenvalue weighted by Crippen LogP contribution is 2.21. The number of aromatic hydroxyl groups is 1. The van der Waals surface area contributed by atoms with E-state index >= 15 is 0 Å². The molecule has 0 unspecified atom stereocenters. The first-order chi connectivity index (χ1) is 12.1. The van der Waals surface area contributed by atoms with Crippen molar-refractivity contribution in [1.29, 1.82) is 0 Å². The Morgan fingerprint density at radius 1 is 1.20 bits per heavy atom. The van der Waals surface area contributed by atoms with Crippen molar-refractivity contribution < 1.29 is 14.6 Å². The van der Waals surface area contributed by atoms with Crippen molar-refractivity contribution in [2.75, 3.05) is 7.11 Å². The average molecular weight is 337 g/mol. The fourth-order valence-corrected chi connectivity index (χ4v) is 2.39. The van der Waals surface area contributed by atoms with Gasteiger partial charge in [0.15, 0.2) is 17.3 Å². The van der Waals surface area contributed by atoms with Crippen LogP contribution in [0.15, 0.2) is 53.5 Å². The Hall–Kier alpha value is -3.48. The second kappa shape index (κ2) is 6.96. The molecule has 0 saturated heterocycles. The van der Waals surface area contributed by atoms with Gasteiger partial charge < -0.3 is 14.8 Å². The van der Waals surface area contributed by atoms with Gasteiger partial charge in [0, 0.05) is 18.2 Å². The third kappa shape index (κ3) is 3.40. The number of aromatic amines is 1. The molecule has 0 amide bonds. The molecule has 25 heavy (non-hydrogen) atoms. The number of hydrogen-bond donors (Lipinski definition) is 2. The number of H-pyrrole nitrogens is 1. The predicted molar refractivity (Wildman–Crippen MR) is 90.8 cm³/mol. The van der Waals surface area contributed by atoms with Crippen molar-refractivity contribution in [1.82, 2.24) is 15.0 Å². The van der Waals surface area contributed by atoms with Gasteiger partial charge in [-0.1, -0.05) is 24.3 Å². The predicted octanol–water partition coefficient (Wildman–Crippen LogP) is 1.97. The summed E-state index contributed by atoms with van der Waals surface area (Å²) in [5.74, 6) is -0.540. The summed E-state index contributed by atoms with van der Waals surface area (Å²) in [7, 11) is 1.51. The van der Waals surface area contributed by atoms with Crippen LogP contribution < -0.4 is 10.3 Å². The van der Waals surface area contributed by atoms with Gasteiger partial charge in [-0.2, -0.15) is 0 Å². The molecule has 2 aromatic heterocycles. The lowest BCUT2D eigenvalue weighted by Crippen LogP contribution is -2.17. The van der Waals surface area contributed by atoms with E-state index < -0.39 is 17.1 Å². The molecule has 0 aliphatic heterocycles. The van der Waals surface area contributed by atoms with Crippen molar-refractivity contribution in [3.05, 3.63) is 70.3 Å². The molecule has 2 heterocycles. The molecule has 0 aliphatic rings. The fraction of sp³-hybridized carbons (Fsp3) is 0.111. The summed E-state index contributed by atoms with van der Waals surface area (Å²) in [5.41, 5.74) is -0.0591. The largest absolute Gasteiger partial charge is 0.501 e.